The van der Waals surface area contributed by atoms with E-state index < -0.39 is 11.7 Å². The molecule has 1 heterocycles. The molecule has 0 unspecified atom stereocenters. The van der Waals surface area contributed by atoms with Crippen molar-refractivity contribution in [2.45, 2.75) is 0 Å². The van der Waals surface area contributed by atoms with Gasteiger partial charge in [-0.25, -0.2) is 9.37 Å². The number of anilines is 2. The number of carbonyl (C=O) groups is 1. The summed E-state index contributed by atoms with van der Waals surface area (Å²) in [4.78, 5) is 16.1. The molecule has 0 radical (unpaired) electrons. The van der Waals surface area contributed by atoms with Gasteiger partial charge < -0.3 is 10.6 Å². The van der Waals surface area contributed by atoms with Gasteiger partial charge in [-0.15, -0.1) is 0 Å². The van der Waals surface area contributed by atoms with E-state index in [1.807, 2.05) is 0 Å². The fourth-order valence-electron chi connectivity index (χ4n) is 1.67. The van der Waals surface area contributed by atoms with Crippen molar-refractivity contribution >= 4 is 17.4 Å². The first-order valence-corrected chi connectivity index (χ1v) is 5.79. The van der Waals surface area contributed by atoms with Gasteiger partial charge in [0, 0.05) is 18.9 Å². The van der Waals surface area contributed by atoms with Gasteiger partial charge >= 0.3 is 0 Å². The van der Waals surface area contributed by atoms with Crippen molar-refractivity contribution in [3.05, 3.63) is 53.5 Å². The topological polar surface area (TPSA) is 77.8 Å². The molecule has 2 rings (SSSR count). The van der Waals surface area contributed by atoms with E-state index in [4.69, 9.17) is 5.26 Å². The van der Waals surface area contributed by atoms with Crippen LogP contribution in [0.2, 0.25) is 0 Å². The monoisotopic (exact) mass is 270 g/mol. The standard InChI is InChI=1S/C14H11FN4O/c1-17-13-11(3-2-6-18-13)14(20)19-10-4-5-12(15)9(7-10)8-16/h2-7H,1H3,(H,17,18)(H,19,20). The molecule has 0 saturated heterocycles. The molecule has 1 amide bonds. The molecule has 2 aromatic rings. The molecule has 5 nitrogen and oxygen atoms in total. The van der Waals surface area contributed by atoms with E-state index in [2.05, 4.69) is 15.6 Å². The van der Waals surface area contributed by atoms with Gasteiger partial charge in [-0.2, -0.15) is 5.26 Å². The highest BCUT2D eigenvalue weighted by Crippen LogP contribution is 2.17. The van der Waals surface area contributed by atoms with Crippen LogP contribution in [-0.2, 0) is 0 Å². The first kappa shape index (κ1) is 13.5. The zero-order valence-electron chi connectivity index (χ0n) is 10.6. The van der Waals surface area contributed by atoms with E-state index in [0.717, 1.165) is 6.07 Å². The highest BCUT2D eigenvalue weighted by Gasteiger charge is 2.12. The Labute approximate surface area is 115 Å². The Morgan fingerprint density at radius 3 is 2.90 bits per heavy atom. The van der Waals surface area contributed by atoms with Gasteiger partial charge in [0.15, 0.2) is 0 Å². The van der Waals surface area contributed by atoms with Crippen molar-refractivity contribution in [2.75, 3.05) is 17.7 Å². The van der Waals surface area contributed by atoms with Crippen LogP contribution in [0.5, 0.6) is 0 Å². The predicted molar refractivity (Wildman–Crippen MR) is 72.9 cm³/mol. The quantitative estimate of drug-likeness (QED) is 0.897. The summed E-state index contributed by atoms with van der Waals surface area (Å²) >= 11 is 0. The van der Waals surface area contributed by atoms with Crippen molar-refractivity contribution in [3.63, 3.8) is 0 Å². The van der Waals surface area contributed by atoms with Crippen LogP contribution in [0.25, 0.3) is 0 Å². The molecule has 0 saturated carbocycles. The molecule has 0 bridgehead atoms. The Hall–Kier alpha value is -2.94. The number of hydrogen-bond donors (Lipinski definition) is 2. The summed E-state index contributed by atoms with van der Waals surface area (Å²) in [5.74, 6) is -0.576. The van der Waals surface area contributed by atoms with E-state index in [1.54, 1.807) is 31.4 Å². The number of nitrogens with zero attached hydrogens (tertiary/aromatic N) is 2. The average molecular weight is 270 g/mol. The lowest BCUT2D eigenvalue weighted by atomic mass is 10.2. The molecule has 1 aromatic heterocycles. The van der Waals surface area contributed by atoms with Crippen molar-refractivity contribution < 1.29 is 9.18 Å². The highest BCUT2D eigenvalue weighted by molar-refractivity contribution is 6.07. The Balaban J connectivity index is 2.26. The fraction of sp³-hybridized carbons (Fsp3) is 0.0714. The second kappa shape index (κ2) is 5.80. The molecule has 0 aliphatic heterocycles. The van der Waals surface area contributed by atoms with Gasteiger partial charge in [-0.05, 0) is 30.3 Å². The van der Waals surface area contributed by atoms with Crippen LogP contribution in [0.15, 0.2) is 36.5 Å². The molecule has 0 spiro atoms. The maximum atomic E-state index is 13.2. The Kier molecular flexibility index (Phi) is 3.91. The maximum Gasteiger partial charge on any atom is 0.259 e. The third kappa shape index (κ3) is 2.72. The van der Waals surface area contributed by atoms with Crippen LogP contribution >= 0.6 is 0 Å². The molecule has 0 aliphatic rings. The molecular weight excluding hydrogens is 259 g/mol. The van der Waals surface area contributed by atoms with Gasteiger partial charge in [0.2, 0.25) is 0 Å². The zero-order chi connectivity index (χ0) is 14.5. The summed E-state index contributed by atoms with van der Waals surface area (Å²) < 4.78 is 13.2. The van der Waals surface area contributed by atoms with Crippen LogP contribution in [0.3, 0.4) is 0 Å². The molecule has 0 aliphatic carbocycles. The van der Waals surface area contributed by atoms with E-state index in [0.29, 0.717) is 17.1 Å². The largest absolute Gasteiger partial charge is 0.372 e. The number of benzene rings is 1. The van der Waals surface area contributed by atoms with Gasteiger partial charge in [-0.3, -0.25) is 4.79 Å². The summed E-state index contributed by atoms with van der Waals surface area (Å²) in [6.45, 7) is 0. The van der Waals surface area contributed by atoms with E-state index in [-0.39, 0.29) is 5.56 Å². The smallest absolute Gasteiger partial charge is 0.259 e. The lowest BCUT2D eigenvalue weighted by Crippen LogP contribution is -2.14. The number of nitriles is 1. The van der Waals surface area contributed by atoms with Crippen molar-refractivity contribution in [2.24, 2.45) is 0 Å². The van der Waals surface area contributed by atoms with Gasteiger partial charge in [0.05, 0.1) is 11.1 Å². The minimum atomic E-state index is -0.622. The number of carbonyl (C=O) groups excluding carboxylic acids is 1. The van der Waals surface area contributed by atoms with Crippen molar-refractivity contribution in [3.8, 4) is 6.07 Å². The Morgan fingerprint density at radius 2 is 2.20 bits per heavy atom. The molecule has 0 atom stereocenters. The SMILES string of the molecule is CNc1ncccc1C(=O)Nc1ccc(F)c(C#N)c1. The van der Waals surface area contributed by atoms with Crippen LogP contribution in [-0.4, -0.2) is 17.9 Å². The number of halogens is 1. The highest BCUT2D eigenvalue weighted by atomic mass is 19.1. The van der Waals surface area contributed by atoms with Crippen molar-refractivity contribution in [1.29, 1.82) is 5.26 Å². The number of amides is 1. The second-order valence-corrected chi connectivity index (χ2v) is 3.91. The molecule has 100 valence electrons. The molecule has 20 heavy (non-hydrogen) atoms. The van der Waals surface area contributed by atoms with E-state index >= 15 is 0 Å². The third-order valence-corrected chi connectivity index (χ3v) is 2.63. The lowest BCUT2D eigenvalue weighted by molar-refractivity contribution is 0.102. The number of pyridine rings is 1. The summed E-state index contributed by atoms with van der Waals surface area (Å²) in [5.41, 5.74) is 0.583. The normalized spacial score (nSPS) is 9.65. The Morgan fingerprint density at radius 1 is 1.40 bits per heavy atom. The van der Waals surface area contributed by atoms with Gasteiger partial charge in [0.25, 0.3) is 5.91 Å². The second-order valence-electron chi connectivity index (χ2n) is 3.91. The lowest BCUT2D eigenvalue weighted by Gasteiger charge is -2.09. The van der Waals surface area contributed by atoms with E-state index in [9.17, 15) is 9.18 Å². The van der Waals surface area contributed by atoms with Crippen LogP contribution in [0.1, 0.15) is 15.9 Å². The Bertz CT molecular complexity index is 694. The van der Waals surface area contributed by atoms with Gasteiger partial charge in [0.1, 0.15) is 17.7 Å². The molecule has 2 N–H and O–H groups in total. The average Bonchev–Trinajstić information content (AvgIpc) is 2.49. The zero-order valence-corrected chi connectivity index (χ0v) is 10.6. The van der Waals surface area contributed by atoms with Crippen molar-refractivity contribution in [1.82, 2.24) is 4.98 Å². The van der Waals surface area contributed by atoms with E-state index in [1.165, 1.54) is 12.1 Å². The summed E-state index contributed by atoms with van der Waals surface area (Å²) in [6.07, 6.45) is 1.56. The molecule has 6 heteroatoms. The first-order chi connectivity index (χ1) is 9.65. The number of hydrogen-bond acceptors (Lipinski definition) is 4. The number of aromatic nitrogens is 1. The number of rotatable bonds is 3. The molecule has 0 fully saturated rings. The van der Waals surface area contributed by atoms with Gasteiger partial charge in [-0.1, -0.05) is 0 Å². The summed E-state index contributed by atoms with van der Waals surface area (Å²) in [7, 11) is 1.66. The molecular formula is C14H11FN4O. The third-order valence-electron chi connectivity index (χ3n) is 2.63. The first-order valence-electron chi connectivity index (χ1n) is 5.79. The minimum absolute atomic E-state index is 0.122. The maximum absolute atomic E-state index is 13.2. The van der Waals surface area contributed by atoms with Crippen LogP contribution in [0, 0.1) is 17.1 Å². The fourth-order valence-corrected chi connectivity index (χ4v) is 1.67. The predicted octanol–water partition coefficient (Wildman–Crippen LogP) is 2.39. The van der Waals surface area contributed by atoms with Crippen LogP contribution < -0.4 is 10.6 Å². The summed E-state index contributed by atoms with van der Waals surface area (Å²) in [5, 5.41) is 14.2. The summed E-state index contributed by atoms with van der Waals surface area (Å²) in [6, 6.07) is 8.78. The minimum Gasteiger partial charge on any atom is -0.372 e. The molecule has 1 aromatic carbocycles. The number of nitrogens with one attached hydrogen (secondary N) is 2. The van der Waals surface area contributed by atoms with Crippen LogP contribution in [0.4, 0.5) is 15.9 Å².